The third-order valence-electron chi connectivity index (χ3n) is 7.01. The zero-order chi connectivity index (χ0) is 19.2. The van der Waals surface area contributed by atoms with Crippen LogP contribution in [0.2, 0.25) is 0 Å². The molecule has 4 aliphatic rings. The van der Waals surface area contributed by atoms with Crippen molar-refractivity contribution in [3.05, 3.63) is 29.8 Å². The van der Waals surface area contributed by atoms with Crippen molar-refractivity contribution < 1.29 is 19.4 Å². The van der Waals surface area contributed by atoms with Crippen LogP contribution < -0.4 is 10.1 Å². The fourth-order valence-electron chi connectivity index (χ4n) is 5.74. The Morgan fingerprint density at radius 1 is 1.11 bits per heavy atom. The zero-order valence-corrected chi connectivity index (χ0v) is 16.1. The van der Waals surface area contributed by atoms with Crippen molar-refractivity contribution >= 4 is 11.9 Å². The highest BCUT2D eigenvalue weighted by Gasteiger charge is 2.49. The predicted molar refractivity (Wildman–Crippen MR) is 102 cm³/mol. The van der Waals surface area contributed by atoms with Crippen LogP contribution in [0, 0.1) is 23.7 Å². The highest BCUT2D eigenvalue weighted by molar-refractivity contribution is 5.87. The molecule has 1 aromatic rings. The van der Waals surface area contributed by atoms with Gasteiger partial charge in [0, 0.05) is 6.04 Å². The number of carboxylic acid groups (broad SMARTS) is 1. The summed E-state index contributed by atoms with van der Waals surface area (Å²) in [6, 6.07) is 7.53. The van der Waals surface area contributed by atoms with Crippen molar-refractivity contribution in [1.29, 1.82) is 0 Å². The van der Waals surface area contributed by atoms with Gasteiger partial charge in [-0.1, -0.05) is 12.1 Å². The van der Waals surface area contributed by atoms with Gasteiger partial charge < -0.3 is 15.2 Å². The van der Waals surface area contributed by atoms with Crippen molar-refractivity contribution in [2.45, 2.75) is 57.4 Å². The van der Waals surface area contributed by atoms with Crippen molar-refractivity contribution in [2.75, 3.05) is 6.61 Å². The molecular formula is C22H29NO4. The third-order valence-corrected chi connectivity index (χ3v) is 7.01. The first kappa shape index (κ1) is 18.3. The van der Waals surface area contributed by atoms with Crippen LogP contribution >= 0.6 is 0 Å². The number of nitrogens with one attached hydrogen (secondary N) is 1. The van der Waals surface area contributed by atoms with Crippen molar-refractivity contribution in [3.63, 3.8) is 0 Å². The van der Waals surface area contributed by atoms with E-state index in [-0.39, 0.29) is 12.5 Å². The van der Waals surface area contributed by atoms with Gasteiger partial charge in [-0.2, -0.15) is 0 Å². The Labute approximate surface area is 160 Å². The molecule has 0 aliphatic heterocycles. The van der Waals surface area contributed by atoms with Crippen LogP contribution in [-0.4, -0.2) is 29.6 Å². The highest BCUT2D eigenvalue weighted by Crippen LogP contribution is 2.53. The lowest BCUT2D eigenvalue weighted by Gasteiger charge is -2.54. The maximum Gasteiger partial charge on any atom is 0.341 e. The van der Waals surface area contributed by atoms with Crippen LogP contribution in [0.4, 0.5) is 0 Å². The van der Waals surface area contributed by atoms with Crippen LogP contribution in [0.5, 0.6) is 5.75 Å². The summed E-state index contributed by atoms with van der Waals surface area (Å²) in [5.74, 6) is 2.57. The number of carboxylic acids is 1. The monoisotopic (exact) mass is 371 g/mol. The number of hydrogen-bond acceptors (Lipinski definition) is 3. The molecule has 1 amide bonds. The highest BCUT2D eigenvalue weighted by atomic mass is 16.5. The first-order chi connectivity index (χ1) is 12.8. The number of amides is 1. The number of benzene rings is 1. The Balaban J connectivity index is 1.46. The molecule has 0 unspecified atom stereocenters. The zero-order valence-electron chi connectivity index (χ0n) is 16.1. The van der Waals surface area contributed by atoms with E-state index in [1.165, 1.54) is 32.1 Å². The largest absolute Gasteiger partial charge is 0.482 e. The van der Waals surface area contributed by atoms with Crippen LogP contribution in [0.25, 0.3) is 0 Å². The third kappa shape index (κ3) is 3.56. The normalized spacial score (nSPS) is 31.6. The molecule has 146 valence electrons. The molecule has 4 aliphatic carbocycles. The van der Waals surface area contributed by atoms with Gasteiger partial charge in [-0.15, -0.1) is 0 Å². The minimum absolute atomic E-state index is 0.0513. The van der Waals surface area contributed by atoms with Gasteiger partial charge in [-0.25, -0.2) is 4.79 Å². The lowest BCUT2D eigenvalue weighted by atomic mass is 9.54. The molecule has 0 heterocycles. The van der Waals surface area contributed by atoms with E-state index in [0.29, 0.717) is 23.6 Å². The summed E-state index contributed by atoms with van der Waals surface area (Å²) >= 11 is 0. The van der Waals surface area contributed by atoms with Gasteiger partial charge >= 0.3 is 5.97 Å². The standard InChI is InChI=1S/C22H29NO4/c1-22(2,17-4-3-5-18(11-17)27-12-19(24)25)21(26)23-20-15-7-13-6-14(9-15)10-16(20)8-13/h3-5,11,13-16,20H,6-10,12H2,1-2H3,(H,23,26)(H,24,25). The van der Waals surface area contributed by atoms with E-state index in [9.17, 15) is 9.59 Å². The van der Waals surface area contributed by atoms with E-state index in [0.717, 1.165) is 17.4 Å². The van der Waals surface area contributed by atoms with Gasteiger partial charge in [0.2, 0.25) is 5.91 Å². The summed E-state index contributed by atoms with van der Waals surface area (Å²) in [7, 11) is 0. The summed E-state index contributed by atoms with van der Waals surface area (Å²) in [6.45, 7) is 3.47. The molecule has 4 bridgehead atoms. The molecule has 0 radical (unpaired) electrons. The summed E-state index contributed by atoms with van der Waals surface area (Å²) < 4.78 is 5.28. The number of hydrogen-bond donors (Lipinski definition) is 2. The van der Waals surface area contributed by atoms with Gasteiger partial charge in [0.05, 0.1) is 5.41 Å². The Morgan fingerprint density at radius 3 is 2.33 bits per heavy atom. The molecule has 5 heteroatoms. The Bertz CT molecular complexity index is 714. The number of ether oxygens (including phenoxy) is 1. The minimum Gasteiger partial charge on any atom is -0.482 e. The predicted octanol–water partition coefficient (Wildman–Crippen LogP) is 3.37. The van der Waals surface area contributed by atoms with E-state index in [4.69, 9.17) is 9.84 Å². The van der Waals surface area contributed by atoms with E-state index in [1.807, 2.05) is 26.0 Å². The number of aliphatic carboxylic acids is 1. The van der Waals surface area contributed by atoms with Gasteiger partial charge in [0.1, 0.15) is 5.75 Å². The first-order valence-corrected chi connectivity index (χ1v) is 10.1. The number of rotatable bonds is 6. The first-order valence-electron chi connectivity index (χ1n) is 10.1. The van der Waals surface area contributed by atoms with Crippen molar-refractivity contribution in [3.8, 4) is 5.75 Å². The molecule has 5 nitrogen and oxygen atoms in total. The second-order valence-electron chi connectivity index (χ2n) is 9.27. The fourth-order valence-corrected chi connectivity index (χ4v) is 5.74. The number of carbonyl (C=O) groups excluding carboxylic acids is 1. The second kappa shape index (κ2) is 6.84. The van der Waals surface area contributed by atoms with Gasteiger partial charge in [-0.3, -0.25) is 4.79 Å². The molecule has 27 heavy (non-hydrogen) atoms. The number of carbonyl (C=O) groups is 2. The average molecular weight is 371 g/mol. The van der Waals surface area contributed by atoms with Gasteiger partial charge in [-0.05, 0) is 87.3 Å². The Hall–Kier alpha value is -2.04. The van der Waals surface area contributed by atoms with Crippen LogP contribution in [0.3, 0.4) is 0 Å². The van der Waals surface area contributed by atoms with E-state index in [2.05, 4.69) is 5.32 Å². The SMILES string of the molecule is CC(C)(C(=O)NC1C2CC3CC(C2)CC1C3)c1cccc(OCC(=O)O)c1. The Kier molecular flexibility index (Phi) is 4.65. The molecule has 2 N–H and O–H groups in total. The summed E-state index contributed by atoms with van der Waals surface area (Å²) in [5, 5.41) is 12.2. The van der Waals surface area contributed by atoms with E-state index in [1.54, 1.807) is 12.1 Å². The lowest BCUT2D eigenvalue weighted by Crippen LogP contribution is -2.58. The molecule has 0 saturated heterocycles. The molecule has 0 spiro atoms. The molecule has 5 rings (SSSR count). The summed E-state index contributed by atoms with van der Waals surface area (Å²) in [4.78, 5) is 23.9. The van der Waals surface area contributed by atoms with Crippen LogP contribution in [0.1, 0.15) is 51.5 Å². The van der Waals surface area contributed by atoms with Gasteiger partial charge in [0.25, 0.3) is 0 Å². The van der Waals surface area contributed by atoms with E-state index >= 15 is 0 Å². The molecule has 0 aromatic heterocycles. The van der Waals surface area contributed by atoms with Crippen molar-refractivity contribution in [1.82, 2.24) is 5.32 Å². The fraction of sp³-hybridized carbons (Fsp3) is 0.636. The summed E-state index contributed by atoms with van der Waals surface area (Å²) in [6.07, 6.45) is 6.50. The lowest BCUT2D eigenvalue weighted by molar-refractivity contribution is -0.139. The minimum atomic E-state index is -1.01. The molecule has 4 fully saturated rings. The van der Waals surface area contributed by atoms with E-state index < -0.39 is 11.4 Å². The maximum absolute atomic E-state index is 13.2. The molecule has 0 atom stereocenters. The smallest absolute Gasteiger partial charge is 0.341 e. The van der Waals surface area contributed by atoms with Gasteiger partial charge in [0.15, 0.2) is 6.61 Å². The maximum atomic E-state index is 13.2. The molecule has 1 aromatic carbocycles. The summed E-state index contributed by atoms with van der Waals surface area (Å²) in [5.41, 5.74) is 0.142. The van der Waals surface area contributed by atoms with Crippen LogP contribution in [-0.2, 0) is 15.0 Å². The van der Waals surface area contributed by atoms with Crippen LogP contribution in [0.15, 0.2) is 24.3 Å². The molecule has 4 saturated carbocycles. The quantitative estimate of drug-likeness (QED) is 0.804. The second-order valence-corrected chi connectivity index (χ2v) is 9.27. The molecular weight excluding hydrogens is 342 g/mol. The Morgan fingerprint density at radius 2 is 1.74 bits per heavy atom. The average Bonchev–Trinajstić information content (AvgIpc) is 2.62. The van der Waals surface area contributed by atoms with Crippen molar-refractivity contribution in [2.24, 2.45) is 23.7 Å². The topological polar surface area (TPSA) is 75.6 Å².